The van der Waals surface area contributed by atoms with Gasteiger partial charge in [-0.25, -0.2) is 14.4 Å². The second kappa shape index (κ2) is 9.58. The Morgan fingerprint density at radius 2 is 1.85 bits per heavy atom. The summed E-state index contributed by atoms with van der Waals surface area (Å²) in [4.78, 5) is 47.5. The van der Waals surface area contributed by atoms with Crippen molar-refractivity contribution in [3.8, 4) is 0 Å². The Kier molecular flexibility index (Phi) is 6.99. The fourth-order valence-electron chi connectivity index (χ4n) is 3.88. The van der Waals surface area contributed by atoms with Gasteiger partial charge in [-0.1, -0.05) is 20.8 Å². The molecule has 10 nitrogen and oxygen atoms in total. The maximum atomic E-state index is 12.6. The first-order valence-corrected chi connectivity index (χ1v) is 10.9. The van der Waals surface area contributed by atoms with Crippen molar-refractivity contribution in [1.29, 1.82) is 0 Å². The van der Waals surface area contributed by atoms with Crippen LogP contribution in [0.3, 0.4) is 0 Å². The van der Waals surface area contributed by atoms with Crippen LogP contribution in [0.2, 0.25) is 0 Å². The molecule has 3 amide bonds. The number of carbonyl (C=O) groups is 3. The van der Waals surface area contributed by atoms with Crippen LogP contribution in [0.25, 0.3) is 21.9 Å². The van der Waals surface area contributed by atoms with Gasteiger partial charge in [0.2, 0.25) is 5.91 Å². The number of fused-ring (bicyclic) bond motifs is 2. The zero-order valence-corrected chi connectivity index (χ0v) is 19.6. The third-order valence-corrected chi connectivity index (χ3v) is 5.73. The summed E-state index contributed by atoms with van der Waals surface area (Å²) < 4.78 is 11.1. The number of hydrogen-bond donors (Lipinski definition) is 4. The lowest BCUT2D eigenvalue weighted by Gasteiger charge is -2.17. The molecule has 0 aliphatic heterocycles. The number of amides is 3. The van der Waals surface area contributed by atoms with E-state index in [1.54, 1.807) is 19.3 Å². The lowest BCUT2D eigenvalue weighted by atomic mass is 9.86. The van der Waals surface area contributed by atoms with Crippen LogP contribution in [0, 0.1) is 6.92 Å². The number of hydrogen-bond acceptors (Lipinski definition) is 6. The number of primary amides is 1. The second-order valence-corrected chi connectivity index (χ2v) is 9.31. The zero-order chi connectivity index (χ0) is 25.2. The van der Waals surface area contributed by atoms with Gasteiger partial charge in [-0.15, -0.1) is 0 Å². The number of aliphatic carboxylic acids is 1. The molecule has 0 saturated carbocycles. The molecule has 0 bridgehead atoms. The van der Waals surface area contributed by atoms with Crippen LogP contribution in [0.5, 0.6) is 0 Å². The van der Waals surface area contributed by atoms with E-state index in [0.717, 1.165) is 10.9 Å². The number of carboxylic acid groups (broad SMARTS) is 1. The minimum absolute atomic E-state index is 0.0840. The molecule has 0 fully saturated rings. The Bertz CT molecular complexity index is 1310. The highest BCUT2D eigenvalue weighted by atomic mass is 16.4. The van der Waals surface area contributed by atoms with E-state index < -0.39 is 29.6 Å². The smallest absolute Gasteiger partial charge is 0.340 e. The normalized spacial score (nSPS) is 12.6. The Morgan fingerprint density at radius 3 is 2.47 bits per heavy atom. The van der Waals surface area contributed by atoms with Crippen molar-refractivity contribution in [1.82, 2.24) is 10.6 Å². The SMILES string of the molecule is Cc1c(CC(=O)N[C@H](CCCNC(N)=O)C(=O)O)c(=O)oc2cc3occ(C(C)(C)C)c3cc12. The largest absolute Gasteiger partial charge is 0.480 e. The van der Waals surface area contributed by atoms with Crippen molar-refractivity contribution < 1.29 is 28.3 Å². The molecule has 0 radical (unpaired) electrons. The molecule has 0 spiro atoms. The highest BCUT2D eigenvalue weighted by Crippen LogP contribution is 2.35. The molecule has 0 saturated heterocycles. The van der Waals surface area contributed by atoms with Gasteiger partial charge in [0.15, 0.2) is 0 Å². The maximum Gasteiger partial charge on any atom is 0.340 e. The topological polar surface area (TPSA) is 165 Å². The third kappa shape index (κ3) is 5.38. The minimum atomic E-state index is -1.22. The molecule has 34 heavy (non-hydrogen) atoms. The van der Waals surface area contributed by atoms with Crippen LogP contribution in [0.1, 0.15) is 50.3 Å². The summed E-state index contributed by atoms with van der Waals surface area (Å²) in [6.45, 7) is 8.12. The fraction of sp³-hybridized carbons (Fsp3) is 0.417. The van der Waals surface area contributed by atoms with E-state index in [9.17, 15) is 24.3 Å². The molecule has 10 heteroatoms. The van der Waals surface area contributed by atoms with Crippen LogP contribution in [0.4, 0.5) is 4.79 Å². The molecule has 3 aromatic rings. The predicted molar refractivity (Wildman–Crippen MR) is 126 cm³/mol. The van der Waals surface area contributed by atoms with E-state index in [0.29, 0.717) is 28.5 Å². The molecule has 3 rings (SSSR count). The van der Waals surface area contributed by atoms with Gasteiger partial charge in [-0.3, -0.25) is 4.79 Å². The highest BCUT2D eigenvalue weighted by molar-refractivity contribution is 5.97. The van der Waals surface area contributed by atoms with E-state index in [4.69, 9.17) is 14.6 Å². The van der Waals surface area contributed by atoms with Crippen molar-refractivity contribution in [3.05, 3.63) is 45.5 Å². The lowest BCUT2D eigenvalue weighted by Crippen LogP contribution is -2.42. The molecule has 0 aliphatic rings. The molecule has 2 heterocycles. The number of rotatable bonds is 8. The Labute approximate surface area is 195 Å². The molecule has 1 aromatic carbocycles. The summed E-state index contributed by atoms with van der Waals surface area (Å²) in [5.41, 5.74) is 6.84. The zero-order valence-electron chi connectivity index (χ0n) is 19.6. The fourth-order valence-corrected chi connectivity index (χ4v) is 3.88. The summed E-state index contributed by atoms with van der Waals surface area (Å²) in [5.74, 6) is -1.84. The quantitative estimate of drug-likeness (QED) is 0.290. The number of aryl methyl sites for hydroxylation is 1. The number of nitrogens with two attached hydrogens (primary N) is 1. The van der Waals surface area contributed by atoms with Gasteiger partial charge in [0.1, 0.15) is 17.2 Å². The van der Waals surface area contributed by atoms with Crippen LogP contribution in [-0.2, 0) is 21.4 Å². The molecule has 0 unspecified atom stereocenters. The number of nitrogens with one attached hydrogen (secondary N) is 2. The number of urea groups is 1. The van der Waals surface area contributed by atoms with E-state index >= 15 is 0 Å². The van der Waals surface area contributed by atoms with E-state index in [1.165, 1.54) is 0 Å². The minimum Gasteiger partial charge on any atom is -0.480 e. The third-order valence-electron chi connectivity index (χ3n) is 5.73. The first-order valence-electron chi connectivity index (χ1n) is 10.9. The number of carbonyl (C=O) groups excluding carboxylic acids is 2. The summed E-state index contributed by atoms with van der Waals surface area (Å²) in [6, 6.07) is 1.67. The van der Waals surface area contributed by atoms with Crippen molar-refractivity contribution in [2.75, 3.05) is 6.54 Å². The van der Waals surface area contributed by atoms with E-state index in [-0.39, 0.29) is 30.4 Å². The summed E-state index contributed by atoms with van der Waals surface area (Å²) in [7, 11) is 0. The molecule has 5 N–H and O–H groups in total. The van der Waals surface area contributed by atoms with Gasteiger partial charge < -0.3 is 30.3 Å². The first-order chi connectivity index (χ1) is 15.9. The van der Waals surface area contributed by atoms with Crippen molar-refractivity contribution >= 4 is 39.8 Å². The van der Waals surface area contributed by atoms with Crippen LogP contribution >= 0.6 is 0 Å². The molecule has 182 valence electrons. The Balaban J connectivity index is 1.86. The molecular formula is C24H29N3O7. The van der Waals surface area contributed by atoms with Crippen molar-refractivity contribution in [2.24, 2.45) is 5.73 Å². The Morgan fingerprint density at radius 1 is 1.15 bits per heavy atom. The van der Waals surface area contributed by atoms with E-state index in [1.807, 2.05) is 6.07 Å². The summed E-state index contributed by atoms with van der Waals surface area (Å²) >= 11 is 0. The monoisotopic (exact) mass is 471 g/mol. The average Bonchev–Trinajstić information content (AvgIpc) is 3.15. The van der Waals surface area contributed by atoms with Gasteiger partial charge in [0, 0.05) is 28.9 Å². The van der Waals surface area contributed by atoms with Crippen LogP contribution in [-0.4, -0.2) is 35.6 Å². The standard InChI is InChI=1S/C24H29N3O7/c1-12-13-8-15-16(24(2,3)4)11-33-18(15)10-19(13)34-22(31)14(12)9-20(28)27-17(21(29)30)6-5-7-26-23(25)32/h8,10-11,17H,5-7,9H2,1-4H3,(H,27,28)(H,29,30)(H3,25,26,32)/t17-/m1/s1. The average molecular weight is 472 g/mol. The van der Waals surface area contributed by atoms with Gasteiger partial charge in [-0.2, -0.15) is 0 Å². The van der Waals surface area contributed by atoms with Crippen LogP contribution < -0.4 is 22.0 Å². The molecule has 0 aliphatic carbocycles. The first kappa shape index (κ1) is 24.8. The Hall–Kier alpha value is -3.82. The van der Waals surface area contributed by atoms with Crippen molar-refractivity contribution in [2.45, 2.75) is 58.4 Å². The van der Waals surface area contributed by atoms with Gasteiger partial charge in [0.05, 0.1) is 18.2 Å². The van der Waals surface area contributed by atoms with E-state index in [2.05, 4.69) is 31.4 Å². The van der Waals surface area contributed by atoms with Crippen LogP contribution in [0.15, 0.2) is 32.0 Å². The highest BCUT2D eigenvalue weighted by Gasteiger charge is 2.24. The number of benzene rings is 1. The molecule has 2 aromatic heterocycles. The summed E-state index contributed by atoms with van der Waals surface area (Å²) in [6.07, 6.45) is 1.74. The second-order valence-electron chi connectivity index (χ2n) is 9.31. The van der Waals surface area contributed by atoms with Gasteiger partial charge >= 0.3 is 17.6 Å². The number of carboxylic acids is 1. The van der Waals surface area contributed by atoms with Gasteiger partial charge in [0.25, 0.3) is 0 Å². The maximum absolute atomic E-state index is 12.6. The summed E-state index contributed by atoms with van der Waals surface area (Å²) in [5, 5.41) is 15.8. The molecular weight excluding hydrogens is 442 g/mol. The lowest BCUT2D eigenvalue weighted by molar-refractivity contribution is -0.141. The molecule has 1 atom stereocenters. The predicted octanol–water partition coefficient (Wildman–Crippen LogP) is 2.71. The van der Waals surface area contributed by atoms with Crippen molar-refractivity contribution in [3.63, 3.8) is 0 Å². The van der Waals surface area contributed by atoms with Gasteiger partial charge in [-0.05, 0) is 36.8 Å². The number of furan rings is 1.